The Morgan fingerprint density at radius 2 is 1.83 bits per heavy atom. The molecule has 6 nitrogen and oxygen atoms in total. The molecular weight excluding hydrogens is 509 g/mol. The van der Waals surface area contributed by atoms with Crippen molar-refractivity contribution in [1.82, 2.24) is 19.6 Å². The number of nitrogens with zero attached hydrogens (tertiary/aromatic N) is 5. The number of benzene rings is 2. The molecule has 3 aromatic rings. The molecule has 2 aromatic carbocycles. The Morgan fingerprint density at radius 3 is 2.49 bits per heavy atom. The van der Waals surface area contributed by atoms with Gasteiger partial charge in [-0.2, -0.15) is 5.10 Å². The molecule has 1 aliphatic rings. The average molecular weight is 542 g/mol. The number of hydrogen-bond acceptors (Lipinski definition) is 4. The van der Waals surface area contributed by atoms with Crippen LogP contribution in [0.1, 0.15) is 41.9 Å². The third-order valence-corrected chi connectivity index (χ3v) is 7.02. The summed E-state index contributed by atoms with van der Waals surface area (Å²) in [7, 11) is 0. The van der Waals surface area contributed by atoms with Crippen molar-refractivity contribution in [1.29, 1.82) is 0 Å². The van der Waals surface area contributed by atoms with Crippen LogP contribution in [-0.4, -0.2) is 64.8 Å². The number of hydrogen-bond donors (Lipinski definition) is 0. The topological polar surface area (TPSA) is 44.6 Å². The van der Waals surface area contributed by atoms with Crippen molar-refractivity contribution in [3.63, 3.8) is 0 Å². The maximum absolute atomic E-state index is 14.1. The summed E-state index contributed by atoms with van der Waals surface area (Å²) in [5.74, 6) is 0.649. The molecule has 1 amide bonds. The Morgan fingerprint density at radius 1 is 1.09 bits per heavy atom. The molecule has 2 heterocycles. The van der Waals surface area contributed by atoms with E-state index in [-0.39, 0.29) is 11.7 Å². The average Bonchev–Trinajstić information content (AvgIpc) is 3.19. The Kier molecular flexibility index (Phi) is 8.23. The van der Waals surface area contributed by atoms with Crippen molar-refractivity contribution >= 4 is 27.7 Å². The molecule has 1 fully saturated rings. The van der Waals surface area contributed by atoms with E-state index in [1.54, 1.807) is 6.07 Å². The molecule has 1 saturated heterocycles. The second-order valence-corrected chi connectivity index (χ2v) is 9.85. The summed E-state index contributed by atoms with van der Waals surface area (Å²) in [6, 6.07) is 14.1. The molecule has 1 aliphatic heterocycles. The minimum atomic E-state index is -0.295. The zero-order valence-electron chi connectivity index (χ0n) is 20.7. The van der Waals surface area contributed by atoms with E-state index in [9.17, 15) is 9.18 Å². The summed E-state index contributed by atoms with van der Waals surface area (Å²) in [6.07, 6.45) is 0.849. The fourth-order valence-electron chi connectivity index (χ4n) is 4.64. The Bertz CT molecular complexity index is 1170. The summed E-state index contributed by atoms with van der Waals surface area (Å²) in [5, 5.41) is 4.84. The van der Waals surface area contributed by atoms with E-state index in [1.807, 2.05) is 46.8 Å². The van der Waals surface area contributed by atoms with Gasteiger partial charge in [-0.15, -0.1) is 0 Å². The highest BCUT2D eigenvalue weighted by molar-refractivity contribution is 9.10. The van der Waals surface area contributed by atoms with Crippen molar-refractivity contribution in [3.8, 4) is 5.69 Å². The van der Waals surface area contributed by atoms with Gasteiger partial charge < -0.3 is 14.7 Å². The first-order chi connectivity index (χ1) is 16.9. The first-order valence-electron chi connectivity index (χ1n) is 12.3. The summed E-state index contributed by atoms with van der Waals surface area (Å²) in [5.41, 5.74) is 3.20. The molecule has 0 N–H and O–H groups in total. The van der Waals surface area contributed by atoms with Crippen LogP contribution < -0.4 is 4.90 Å². The van der Waals surface area contributed by atoms with Crippen LogP contribution in [0.2, 0.25) is 0 Å². The predicted molar refractivity (Wildman–Crippen MR) is 142 cm³/mol. The lowest BCUT2D eigenvalue weighted by Gasteiger charge is -2.36. The number of piperazine rings is 1. The van der Waals surface area contributed by atoms with E-state index < -0.39 is 0 Å². The van der Waals surface area contributed by atoms with Gasteiger partial charge in [0, 0.05) is 48.3 Å². The molecule has 8 heteroatoms. The van der Waals surface area contributed by atoms with Crippen LogP contribution in [0.5, 0.6) is 0 Å². The lowest BCUT2D eigenvalue weighted by Crippen LogP contribution is -2.47. The second-order valence-electron chi connectivity index (χ2n) is 8.94. The number of likely N-dealkylation sites (N-methyl/N-ethyl adjacent to an activating group) is 1. The monoisotopic (exact) mass is 541 g/mol. The minimum absolute atomic E-state index is 0.00666. The molecule has 0 aliphatic carbocycles. The van der Waals surface area contributed by atoms with Crippen LogP contribution >= 0.6 is 15.9 Å². The number of rotatable bonds is 8. The Hall–Kier alpha value is -2.71. The van der Waals surface area contributed by atoms with Crippen LogP contribution in [0.3, 0.4) is 0 Å². The maximum Gasteiger partial charge on any atom is 0.254 e. The fraction of sp³-hybridized carbons (Fsp3) is 0.407. The van der Waals surface area contributed by atoms with Crippen molar-refractivity contribution in [3.05, 3.63) is 75.6 Å². The largest absolute Gasteiger partial charge is 0.354 e. The number of aryl methyl sites for hydroxylation is 1. The third kappa shape index (κ3) is 5.76. The van der Waals surface area contributed by atoms with Crippen LogP contribution in [-0.2, 0) is 6.54 Å². The van der Waals surface area contributed by atoms with Gasteiger partial charge in [0.15, 0.2) is 0 Å². The molecule has 4 rings (SSSR count). The standard InChI is InChI=1S/C27H33BrFN5O/c1-4-12-33(27(35)21-8-6-9-22(28)17-21)19-25-20(3)30-34(24-11-7-10-23(29)18-24)26(25)32-15-13-31(5-2)14-16-32/h6-11,17-18H,4-5,12-16,19H2,1-3H3. The highest BCUT2D eigenvalue weighted by Gasteiger charge is 2.28. The SMILES string of the molecule is CCCN(Cc1c(C)nn(-c2cccc(F)c2)c1N1CCN(CC)CC1)C(=O)c1cccc(Br)c1. The molecular formula is C27H33BrFN5O. The maximum atomic E-state index is 14.1. The molecule has 0 atom stereocenters. The van der Waals surface area contributed by atoms with Gasteiger partial charge in [0.1, 0.15) is 11.6 Å². The predicted octanol–water partition coefficient (Wildman–Crippen LogP) is 5.28. The summed E-state index contributed by atoms with van der Waals surface area (Å²) in [6.45, 7) is 12.0. The first-order valence-corrected chi connectivity index (χ1v) is 13.1. The van der Waals surface area contributed by atoms with Crippen LogP contribution in [0.15, 0.2) is 53.0 Å². The van der Waals surface area contributed by atoms with Crippen LogP contribution in [0.25, 0.3) is 5.69 Å². The van der Waals surface area contributed by atoms with Gasteiger partial charge in [0.2, 0.25) is 0 Å². The van der Waals surface area contributed by atoms with Gasteiger partial charge in [-0.05, 0) is 56.3 Å². The summed E-state index contributed by atoms with van der Waals surface area (Å²) in [4.78, 5) is 20.2. The van der Waals surface area contributed by atoms with Crippen molar-refractivity contribution < 1.29 is 9.18 Å². The fourth-order valence-corrected chi connectivity index (χ4v) is 5.04. The first kappa shape index (κ1) is 25.4. The number of amides is 1. The van der Waals surface area contributed by atoms with E-state index in [0.717, 1.165) is 60.7 Å². The lowest BCUT2D eigenvalue weighted by atomic mass is 10.1. The van der Waals surface area contributed by atoms with Gasteiger partial charge in [-0.1, -0.05) is 41.9 Å². The minimum Gasteiger partial charge on any atom is -0.354 e. The van der Waals surface area contributed by atoms with Crippen LogP contribution in [0.4, 0.5) is 10.2 Å². The van der Waals surface area contributed by atoms with Gasteiger partial charge in [-0.3, -0.25) is 4.79 Å². The molecule has 0 spiro atoms. The highest BCUT2D eigenvalue weighted by Crippen LogP contribution is 2.30. The van der Waals surface area contributed by atoms with Crippen LogP contribution in [0, 0.1) is 12.7 Å². The second kappa shape index (κ2) is 11.4. The summed E-state index contributed by atoms with van der Waals surface area (Å²) >= 11 is 3.48. The zero-order valence-corrected chi connectivity index (χ0v) is 22.3. The molecule has 35 heavy (non-hydrogen) atoms. The highest BCUT2D eigenvalue weighted by atomic mass is 79.9. The molecule has 0 bridgehead atoms. The van der Waals surface area contributed by atoms with E-state index in [1.165, 1.54) is 12.1 Å². The number of carbonyl (C=O) groups is 1. The van der Waals surface area contributed by atoms with Crippen molar-refractivity contribution in [2.45, 2.75) is 33.7 Å². The zero-order chi connectivity index (χ0) is 24.9. The van der Waals surface area contributed by atoms with E-state index in [0.29, 0.717) is 24.3 Å². The molecule has 0 saturated carbocycles. The molecule has 0 radical (unpaired) electrons. The number of aromatic nitrogens is 2. The molecule has 0 unspecified atom stereocenters. The van der Waals surface area contributed by atoms with Gasteiger partial charge in [0.25, 0.3) is 5.91 Å². The lowest BCUT2D eigenvalue weighted by molar-refractivity contribution is 0.0743. The van der Waals surface area contributed by atoms with Crippen molar-refractivity contribution in [2.75, 3.05) is 44.2 Å². The number of carbonyl (C=O) groups excluding carboxylic acids is 1. The van der Waals surface area contributed by atoms with Gasteiger partial charge in [-0.25, -0.2) is 9.07 Å². The molecule has 186 valence electrons. The van der Waals surface area contributed by atoms with Gasteiger partial charge >= 0.3 is 0 Å². The molecule has 1 aromatic heterocycles. The third-order valence-electron chi connectivity index (χ3n) is 6.53. The van der Waals surface area contributed by atoms with Gasteiger partial charge in [0.05, 0.1) is 17.9 Å². The van der Waals surface area contributed by atoms with E-state index in [2.05, 4.69) is 39.6 Å². The number of halogens is 2. The van der Waals surface area contributed by atoms with E-state index in [4.69, 9.17) is 5.10 Å². The van der Waals surface area contributed by atoms with Crippen molar-refractivity contribution in [2.24, 2.45) is 0 Å². The Labute approximate surface area is 215 Å². The summed E-state index contributed by atoms with van der Waals surface area (Å²) < 4.78 is 16.9. The normalized spacial score (nSPS) is 14.4. The Balaban J connectivity index is 1.74. The van der Waals surface area contributed by atoms with E-state index >= 15 is 0 Å². The smallest absolute Gasteiger partial charge is 0.254 e. The quantitative estimate of drug-likeness (QED) is 0.389. The number of anilines is 1.